The zero-order chi connectivity index (χ0) is 28.1. The number of aromatic nitrogens is 3. The molecule has 1 amide bonds. The first-order valence-corrected chi connectivity index (χ1v) is 11.4. The van der Waals surface area contributed by atoms with Crippen LogP contribution in [-0.2, 0) is 18.9 Å². The van der Waals surface area contributed by atoms with E-state index in [9.17, 15) is 35.5 Å². The fourth-order valence-corrected chi connectivity index (χ4v) is 4.48. The van der Waals surface area contributed by atoms with Crippen LogP contribution in [0.2, 0.25) is 0 Å². The van der Waals surface area contributed by atoms with E-state index in [-0.39, 0.29) is 17.3 Å². The molecule has 39 heavy (non-hydrogen) atoms. The maximum Gasteiger partial charge on any atom is 0.416 e. The molecule has 0 fully saturated rings. The molecule has 0 radical (unpaired) electrons. The molecule has 0 aliphatic rings. The fourth-order valence-electron chi connectivity index (χ4n) is 4.48. The van der Waals surface area contributed by atoms with Crippen LogP contribution < -0.4 is 0 Å². The van der Waals surface area contributed by atoms with Crippen molar-refractivity contribution in [3.8, 4) is 11.1 Å². The summed E-state index contributed by atoms with van der Waals surface area (Å²) in [6, 6.07) is 13.5. The van der Waals surface area contributed by atoms with Gasteiger partial charge in [-0.1, -0.05) is 36.4 Å². The molecule has 0 atom stereocenters. The summed E-state index contributed by atoms with van der Waals surface area (Å²) in [4.78, 5) is 14.9. The van der Waals surface area contributed by atoms with Gasteiger partial charge in [0, 0.05) is 24.5 Å². The highest BCUT2D eigenvalue weighted by molar-refractivity contribution is 6.12. The molecule has 200 valence electrons. The molecule has 0 spiro atoms. The predicted octanol–water partition coefficient (Wildman–Crippen LogP) is 7.00. The lowest BCUT2D eigenvalue weighted by Gasteiger charge is -2.22. The number of hydrogen-bond donors (Lipinski definition) is 0. The van der Waals surface area contributed by atoms with Gasteiger partial charge in [0.2, 0.25) is 0 Å². The molecular formula is C27H17F7N4O. The summed E-state index contributed by atoms with van der Waals surface area (Å²) in [5.74, 6) is -1.24. The lowest BCUT2D eigenvalue weighted by Crippen LogP contribution is -2.29. The number of nitrogens with zero attached hydrogens (tertiary/aromatic N) is 4. The number of benzene rings is 3. The van der Waals surface area contributed by atoms with Crippen LogP contribution in [0, 0.1) is 5.82 Å². The monoisotopic (exact) mass is 546 g/mol. The second-order valence-electron chi connectivity index (χ2n) is 8.88. The average Bonchev–Trinajstić information content (AvgIpc) is 3.37. The first kappa shape index (κ1) is 26.1. The van der Waals surface area contributed by atoms with Crippen LogP contribution in [0.4, 0.5) is 30.7 Å². The molecule has 5 nitrogen and oxygen atoms in total. The average molecular weight is 546 g/mol. The topological polar surface area (TPSA) is 50.5 Å². The SMILES string of the molecule is CN(Cc1cc(C(F)(F)F)cc(C(F)(F)F)c1)C(=O)c1c(-c2ccc(F)cc2)c2ccccc2c2nncn12. The molecule has 2 heterocycles. The predicted molar refractivity (Wildman–Crippen MR) is 128 cm³/mol. The highest BCUT2D eigenvalue weighted by atomic mass is 19.4. The Morgan fingerprint density at radius 2 is 1.46 bits per heavy atom. The van der Waals surface area contributed by atoms with E-state index in [0.717, 1.165) is 4.90 Å². The van der Waals surface area contributed by atoms with Crippen molar-refractivity contribution < 1.29 is 35.5 Å². The van der Waals surface area contributed by atoms with E-state index in [1.54, 1.807) is 24.3 Å². The van der Waals surface area contributed by atoms with Crippen molar-refractivity contribution in [1.29, 1.82) is 0 Å². The quantitative estimate of drug-likeness (QED) is 0.228. The van der Waals surface area contributed by atoms with Crippen molar-refractivity contribution >= 4 is 22.3 Å². The zero-order valence-electron chi connectivity index (χ0n) is 20.0. The third-order valence-corrected chi connectivity index (χ3v) is 6.21. The number of carbonyl (C=O) groups is 1. The fraction of sp³-hybridized carbons (Fsp3) is 0.148. The molecule has 0 saturated heterocycles. The minimum atomic E-state index is -5.03. The molecular weight excluding hydrogens is 529 g/mol. The Morgan fingerprint density at radius 1 is 0.872 bits per heavy atom. The van der Waals surface area contributed by atoms with Gasteiger partial charge in [0.15, 0.2) is 5.65 Å². The van der Waals surface area contributed by atoms with Crippen molar-refractivity contribution in [2.45, 2.75) is 18.9 Å². The van der Waals surface area contributed by atoms with E-state index in [1.165, 1.54) is 42.0 Å². The van der Waals surface area contributed by atoms with Gasteiger partial charge in [-0.3, -0.25) is 9.20 Å². The number of pyridine rings is 1. The van der Waals surface area contributed by atoms with Gasteiger partial charge in [0.1, 0.15) is 17.8 Å². The van der Waals surface area contributed by atoms with E-state index in [0.29, 0.717) is 39.7 Å². The number of fused-ring (bicyclic) bond motifs is 3. The van der Waals surface area contributed by atoms with Crippen LogP contribution in [0.25, 0.3) is 27.5 Å². The van der Waals surface area contributed by atoms with E-state index >= 15 is 0 Å². The minimum absolute atomic E-state index is 0.00540. The molecule has 0 saturated carbocycles. The first-order chi connectivity index (χ1) is 18.3. The summed E-state index contributed by atoms with van der Waals surface area (Å²) in [5.41, 5.74) is -2.18. The maximum atomic E-state index is 13.9. The molecule has 12 heteroatoms. The summed E-state index contributed by atoms with van der Waals surface area (Å²) in [6.07, 6.45) is -8.77. The summed E-state index contributed by atoms with van der Waals surface area (Å²) in [5, 5.41) is 9.18. The Balaban J connectivity index is 1.66. The lowest BCUT2D eigenvalue weighted by molar-refractivity contribution is -0.143. The van der Waals surface area contributed by atoms with Crippen LogP contribution >= 0.6 is 0 Å². The molecule has 5 rings (SSSR count). The van der Waals surface area contributed by atoms with Crippen molar-refractivity contribution in [3.63, 3.8) is 0 Å². The molecule has 0 unspecified atom stereocenters. The highest BCUT2D eigenvalue weighted by Gasteiger charge is 2.37. The van der Waals surface area contributed by atoms with Crippen molar-refractivity contribution in [2.75, 3.05) is 7.05 Å². The molecule has 0 aliphatic heterocycles. The molecule has 0 bridgehead atoms. The Labute approximate surface area is 216 Å². The largest absolute Gasteiger partial charge is 0.416 e. The second kappa shape index (κ2) is 9.37. The van der Waals surface area contributed by atoms with Gasteiger partial charge < -0.3 is 4.90 Å². The molecule has 0 aliphatic carbocycles. The number of hydrogen-bond acceptors (Lipinski definition) is 3. The third-order valence-electron chi connectivity index (χ3n) is 6.21. The van der Waals surface area contributed by atoms with E-state index in [4.69, 9.17) is 0 Å². The second-order valence-corrected chi connectivity index (χ2v) is 8.88. The van der Waals surface area contributed by atoms with Gasteiger partial charge in [0.05, 0.1) is 11.1 Å². The van der Waals surface area contributed by atoms with Crippen LogP contribution in [0.15, 0.2) is 73.1 Å². The Hall–Kier alpha value is -4.48. The molecule has 0 N–H and O–H groups in total. The molecule has 2 aromatic heterocycles. The smallest absolute Gasteiger partial charge is 0.336 e. The maximum absolute atomic E-state index is 13.9. The van der Waals surface area contributed by atoms with Gasteiger partial charge in [-0.15, -0.1) is 10.2 Å². The molecule has 5 aromatic rings. The normalized spacial score (nSPS) is 12.3. The van der Waals surface area contributed by atoms with Crippen molar-refractivity contribution in [3.05, 3.63) is 101 Å². The highest BCUT2D eigenvalue weighted by Crippen LogP contribution is 2.38. The standard InChI is InChI=1S/C27H17F7N4O/c1-37(13-15-10-17(26(29,30)31)12-18(11-15)27(32,33)34)25(39)23-22(16-6-8-19(28)9-7-16)20-4-2-3-5-21(20)24-36-35-14-38(23)24/h2-12,14H,13H2,1H3. The zero-order valence-corrected chi connectivity index (χ0v) is 20.0. The summed E-state index contributed by atoms with van der Waals surface area (Å²) < 4.78 is 95.3. The van der Waals surface area contributed by atoms with Gasteiger partial charge in [-0.2, -0.15) is 26.3 Å². The van der Waals surface area contributed by atoms with Crippen LogP contribution in [0.5, 0.6) is 0 Å². The van der Waals surface area contributed by atoms with Crippen LogP contribution in [-0.4, -0.2) is 32.5 Å². The third kappa shape index (κ3) is 4.89. The van der Waals surface area contributed by atoms with Crippen LogP contribution in [0.1, 0.15) is 27.2 Å². The number of rotatable bonds is 4. The van der Waals surface area contributed by atoms with E-state index < -0.39 is 41.7 Å². The Bertz CT molecular complexity index is 1670. The van der Waals surface area contributed by atoms with Crippen LogP contribution in [0.3, 0.4) is 0 Å². The van der Waals surface area contributed by atoms with E-state index in [1.807, 2.05) is 0 Å². The number of amides is 1. The first-order valence-electron chi connectivity index (χ1n) is 11.4. The summed E-state index contributed by atoms with van der Waals surface area (Å²) in [6.45, 7) is -0.564. The summed E-state index contributed by atoms with van der Waals surface area (Å²) >= 11 is 0. The number of halogens is 7. The number of carbonyl (C=O) groups excluding carboxylic acids is 1. The van der Waals surface area contributed by atoms with Crippen molar-refractivity contribution in [1.82, 2.24) is 19.5 Å². The van der Waals surface area contributed by atoms with E-state index in [2.05, 4.69) is 10.2 Å². The summed E-state index contributed by atoms with van der Waals surface area (Å²) in [7, 11) is 1.26. The van der Waals surface area contributed by atoms with Gasteiger partial charge in [0.25, 0.3) is 5.91 Å². The Morgan fingerprint density at radius 3 is 2.05 bits per heavy atom. The van der Waals surface area contributed by atoms with Gasteiger partial charge in [-0.25, -0.2) is 4.39 Å². The van der Waals surface area contributed by atoms with Gasteiger partial charge >= 0.3 is 12.4 Å². The molecule has 3 aromatic carbocycles. The minimum Gasteiger partial charge on any atom is -0.336 e. The number of alkyl halides is 6. The lowest BCUT2D eigenvalue weighted by atomic mass is 9.96. The van der Waals surface area contributed by atoms with Crippen molar-refractivity contribution in [2.24, 2.45) is 0 Å². The van der Waals surface area contributed by atoms with Gasteiger partial charge in [-0.05, 0) is 46.8 Å². The Kier molecular flexibility index (Phi) is 6.28.